The van der Waals surface area contributed by atoms with E-state index in [1.54, 1.807) is 7.11 Å². The monoisotopic (exact) mass is 186 g/mol. The minimum absolute atomic E-state index is 0.0203. The van der Waals surface area contributed by atoms with Gasteiger partial charge in [0.2, 0.25) is 5.78 Å². The van der Waals surface area contributed by atoms with Gasteiger partial charge in [-0.25, -0.2) is 0 Å². The van der Waals surface area contributed by atoms with E-state index in [1.807, 2.05) is 30.3 Å². The zero-order valence-electron chi connectivity index (χ0n) is 7.91. The summed E-state index contributed by atoms with van der Waals surface area (Å²) in [4.78, 5) is 11.5. The third-order valence-corrected chi connectivity index (χ3v) is 2.27. The number of carbonyl (C=O) groups is 1. The zero-order chi connectivity index (χ0) is 10.1. The fourth-order valence-corrected chi connectivity index (χ4v) is 1.54. The standard InChI is InChI=1S/C12H10O2/c1-8-11(13)10(12(8)14-2)9-6-4-3-5-7-9/h3-7H,1H2,2H3. The van der Waals surface area contributed by atoms with Crippen LogP contribution in [0.4, 0.5) is 0 Å². The summed E-state index contributed by atoms with van der Waals surface area (Å²) < 4.78 is 5.10. The van der Waals surface area contributed by atoms with Crippen molar-refractivity contribution in [3.8, 4) is 0 Å². The minimum atomic E-state index is -0.0203. The number of hydrogen-bond acceptors (Lipinski definition) is 2. The summed E-state index contributed by atoms with van der Waals surface area (Å²) in [5.41, 5.74) is 1.99. The van der Waals surface area contributed by atoms with Crippen molar-refractivity contribution < 1.29 is 9.53 Å². The van der Waals surface area contributed by atoms with E-state index in [2.05, 4.69) is 6.58 Å². The summed E-state index contributed by atoms with van der Waals surface area (Å²) in [6, 6.07) is 9.47. The van der Waals surface area contributed by atoms with E-state index >= 15 is 0 Å². The molecule has 2 nitrogen and oxygen atoms in total. The van der Waals surface area contributed by atoms with Gasteiger partial charge < -0.3 is 4.74 Å². The highest BCUT2D eigenvalue weighted by atomic mass is 16.5. The van der Waals surface area contributed by atoms with Gasteiger partial charge in [0.1, 0.15) is 5.76 Å². The molecule has 70 valence electrons. The van der Waals surface area contributed by atoms with Crippen LogP contribution in [0.5, 0.6) is 0 Å². The summed E-state index contributed by atoms with van der Waals surface area (Å²) in [6.07, 6.45) is 0. The Balaban J connectivity index is 2.50. The molecule has 0 amide bonds. The molecule has 0 fully saturated rings. The topological polar surface area (TPSA) is 26.3 Å². The smallest absolute Gasteiger partial charge is 0.200 e. The van der Waals surface area contributed by atoms with Gasteiger partial charge in [-0.3, -0.25) is 4.79 Å². The Kier molecular flexibility index (Phi) is 1.97. The molecule has 2 heteroatoms. The molecular weight excluding hydrogens is 176 g/mol. The van der Waals surface area contributed by atoms with E-state index in [0.29, 0.717) is 16.9 Å². The maximum Gasteiger partial charge on any atom is 0.200 e. The van der Waals surface area contributed by atoms with Crippen molar-refractivity contribution in [2.75, 3.05) is 7.11 Å². The Bertz CT molecular complexity index is 427. The van der Waals surface area contributed by atoms with Crippen molar-refractivity contribution >= 4 is 11.4 Å². The fraction of sp³-hybridized carbons (Fsp3) is 0.0833. The van der Waals surface area contributed by atoms with Crippen molar-refractivity contribution in [3.05, 3.63) is 53.8 Å². The molecule has 14 heavy (non-hydrogen) atoms. The molecule has 0 aliphatic heterocycles. The normalized spacial score (nSPS) is 15.5. The number of ketones is 1. The molecule has 0 bridgehead atoms. The molecule has 1 aliphatic rings. The Morgan fingerprint density at radius 3 is 2.43 bits per heavy atom. The fourth-order valence-electron chi connectivity index (χ4n) is 1.54. The van der Waals surface area contributed by atoms with Gasteiger partial charge in [-0.1, -0.05) is 36.9 Å². The van der Waals surface area contributed by atoms with Gasteiger partial charge in [0.15, 0.2) is 0 Å². The van der Waals surface area contributed by atoms with Gasteiger partial charge >= 0.3 is 0 Å². The predicted molar refractivity (Wildman–Crippen MR) is 54.5 cm³/mol. The molecule has 0 spiro atoms. The number of Topliss-reactive ketones (excluding diaryl/α,β-unsaturated/α-hetero) is 1. The van der Waals surface area contributed by atoms with Crippen LogP contribution in [0, 0.1) is 0 Å². The number of benzene rings is 1. The molecule has 0 radical (unpaired) electrons. The first-order valence-electron chi connectivity index (χ1n) is 4.33. The average Bonchev–Trinajstić information content (AvgIpc) is 2.25. The van der Waals surface area contributed by atoms with Crippen LogP contribution in [0.15, 0.2) is 48.2 Å². The lowest BCUT2D eigenvalue weighted by molar-refractivity contribution is -0.111. The van der Waals surface area contributed by atoms with E-state index in [1.165, 1.54) is 0 Å². The molecule has 0 saturated carbocycles. The van der Waals surface area contributed by atoms with Gasteiger partial charge in [0, 0.05) is 0 Å². The second kappa shape index (κ2) is 3.14. The number of carbonyl (C=O) groups excluding carboxylic acids is 1. The summed E-state index contributed by atoms with van der Waals surface area (Å²) >= 11 is 0. The lowest BCUT2D eigenvalue weighted by Crippen LogP contribution is -2.21. The molecule has 0 N–H and O–H groups in total. The second-order valence-electron chi connectivity index (χ2n) is 3.08. The molecule has 1 aromatic carbocycles. The first-order valence-corrected chi connectivity index (χ1v) is 4.33. The Morgan fingerprint density at radius 1 is 1.21 bits per heavy atom. The van der Waals surface area contributed by atoms with Gasteiger partial charge in [-0.05, 0) is 5.56 Å². The zero-order valence-corrected chi connectivity index (χ0v) is 7.91. The van der Waals surface area contributed by atoms with Crippen molar-refractivity contribution in [3.63, 3.8) is 0 Å². The van der Waals surface area contributed by atoms with Crippen molar-refractivity contribution in [1.82, 2.24) is 0 Å². The minimum Gasteiger partial charge on any atom is -0.495 e. The molecule has 1 aromatic rings. The lowest BCUT2D eigenvalue weighted by atomic mass is 9.84. The first-order chi connectivity index (χ1) is 6.75. The van der Waals surface area contributed by atoms with Crippen LogP contribution >= 0.6 is 0 Å². The van der Waals surface area contributed by atoms with Crippen LogP contribution in [0.2, 0.25) is 0 Å². The third kappa shape index (κ3) is 1.08. The molecular formula is C12H10O2. The van der Waals surface area contributed by atoms with Crippen LogP contribution in [0.25, 0.3) is 5.57 Å². The van der Waals surface area contributed by atoms with Crippen LogP contribution in [0.3, 0.4) is 0 Å². The largest absolute Gasteiger partial charge is 0.495 e. The molecule has 0 unspecified atom stereocenters. The second-order valence-corrected chi connectivity index (χ2v) is 3.08. The highest BCUT2D eigenvalue weighted by molar-refractivity contribution is 6.38. The Morgan fingerprint density at radius 2 is 1.86 bits per heavy atom. The SMILES string of the molecule is C=C1C(=O)C(c2ccccc2)=C1OC. The maximum absolute atomic E-state index is 11.5. The molecule has 2 rings (SSSR count). The highest BCUT2D eigenvalue weighted by Crippen LogP contribution is 2.36. The van der Waals surface area contributed by atoms with Gasteiger partial charge in [-0.2, -0.15) is 0 Å². The summed E-state index contributed by atoms with van der Waals surface area (Å²) in [5.74, 6) is 0.592. The van der Waals surface area contributed by atoms with Gasteiger partial charge in [0.25, 0.3) is 0 Å². The molecule has 0 saturated heterocycles. The molecule has 0 heterocycles. The quantitative estimate of drug-likeness (QED) is 0.662. The Hall–Kier alpha value is -1.83. The maximum atomic E-state index is 11.5. The summed E-state index contributed by atoms with van der Waals surface area (Å²) in [6.45, 7) is 3.64. The van der Waals surface area contributed by atoms with E-state index in [9.17, 15) is 4.79 Å². The molecule has 0 aromatic heterocycles. The van der Waals surface area contributed by atoms with E-state index in [4.69, 9.17) is 4.74 Å². The number of methoxy groups -OCH3 is 1. The van der Waals surface area contributed by atoms with Crippen molar-refractivity contribution in [2.24, 2.45) is 0 Å². The lowest BCUT2D eigenvalue weighted by Gasteiger charge is -2.23. The first kappa shape index (κ1) is 8.75. The number of rotatable bonds is 2. The van der Waals surface area contributed by atoms with E-state index < -0.39 is 0 Å². The highest BCUT2D eigenvalue weighted by Gasteiger charge is 2.33. The van der Waals surface area contributed by atoms with Crippen molar-refractivity contribution in [2.45, 2.75) is 0 Å². The van der Waals surface area contributed by atoms with Gasteiger partial charge in [0.05, 0.1) is 18.3 Å². The average molecular weight is 186 g/mol. The van der Waals surface area contributed by atoms with Gasteiger partial charge in [-0.15, -0.1) is 0 Å². The predicted octanol–water partition coefficient (Wildman–Crippen LogP) is 2.18. The van der Waals surface area contributed by atoms with Crippen molar-refractivity contribution in [1.29, 1.82) is 0 Å². The van der Waals surface area contributed by atoms with Crippen LogP contribution < -0.4 is 0 Å². The summed E-state index contributed by atoms with van der Waals surface area (Å²) in [7, 11) is 1.55. The van der Waals surface area contributed by atoms with E-state index in [0.717, 1.165) is 5.56 Å². The van der Waals surface area contributed by atoms with Crippen LogP contribution in [-0.4, -0.2) is 12.9 Å². The summed E-state index contributed by atoms with van der Waals surface area (Å²) in [5, 5.41) is 0. The Labute approximate surface area is 82.5 Å². The van der Waals surface area contributed by atoms with Crippen LogP contribution in [-0.2, 0) is 9.53 Å². The molecule has 1 aliphatic carbocycles. The molecule has 0 atom stereocenters. The number of allylic oxidation sites excluding steroid dienone is 2. The number of hydrogen-bond donors (Lipinski definition) is 0. The third-order valence-electron chi connectivity index (χ3n) is 2.27. The number of ether oxygens (including phenoxy) is 1. The van der Waals surface area contributed by atoms with E-state index in [-0.39, 0.29) is 5.78 Å². The van der Waals surface area contributed by atoms with Crippen LogP contribution in [0.1, 0.15) is 5.56 Å².